The van der Waals surface area contributed by atoms with Crippen molar-refractivity contribution in [3.05, 3.63) is 0 Å². The second-order valence-corrected chi connectivity index (χ2v) is 1.73. The van der Waals surface area contributed by atoms with Crippen LogP contribution in [0.3, 0.4) is 0 Å². The largest absolute Gasteiger partial charge is 0.341 e. The quantitative estimate of drug-likeness (QED) is 0.387. The lowest BCUT2D eigenvalue weighted by atomic mass is 10.5. The van der Waals surface area contributed by atoms with Crippen molar-refractivity contribution >= 4 is 11.8 Å². The lowest BCUT2D eigenvalue weighted by Crippen LogP contribution is -2.34. The van der Waals surface area contributed by atoms with Crippen LogP contribution in [0, 0.1) is 0 Å². The third-order valence-electron chi connectivity index (χ3n) is 0.792. The van der Waals surface area contributed by atoms with Crippen molar-refractivity contribution in [2.75, 3.05) is 21.1 Å². The normalized spacial score (nSPS) is 8.33. The van der Waals surface area contributed by atoms with E-state index in [0.717, 1.165) is 0 Å². The molecular formula is C5H9N2O2. The average molecular weight is 129 g/mol. The number of amides is 2. The topological polar surface area (TPSA) is 51.5 Å². The van der Waals surface area contributed by atoms with Gasteiger partial charge in [-0.25, -0.2) is 5.32 Å². The van der Waals surface area contributed by atoms with Crippen LogP contribution >= 0.6 is 0 Å². The van der Waals surface area contributed by atoms with Gasteiger partial charge in [0.05, 0.1) is 0 Å². The molecule has 0 fully saturated rings. The van der Waals surface area contributed by atoms with Gasteiger partial charge in [0.25, 0.3) is 0 Å². The molecule has 0 bridgehead atoms. The van der Waals surface area contributed by atoms with Crippen LogP contribution in [0.1, 0.15) is 0 Å². The maximum atomic E-state index is 10.6. The summed E-state index contributed by atoms with van der Waals surface area (Å²) in [5, 5.41) is 3.18. The first-order valence-electron chi connectivity index (χ1n) is 2.45. The van der Waals surface area contributed by atoms with E-state index in [0.29, 0.717) is 0 Å². The smallest absolute Gasteiger partial charge is 0.330 e. The summed E-state index contributed by atoms with van der Waals surface area (Å²) in [6.45, 7) is 0. The molecule has 0 spiro atoms. The minimum Gasteiger partial charge on any atom is -0.341 e. The van der Waals surface area contributed by atoms with Crippen LogP contribution in [0.5, 0.6) is 0 Å². The molecule has 0 atom stereocenters. The summed E-state index contributed by atoms with van der Waals surface area (Å²) >= 11 is 0. The molecule has 4 nitrogen and oxygen atoms in total. The average Bonchev–Trinajstić information content (AvgIpc) is 1.84. The number of hydrogen-bond donors (Lipinski definition) is 0. The maximum Gasteiger partial charge on any atom is 0.330 e. The third-order valence-corrected chi connectivity index (χ3v) is 0.792. The molecule has 0 aliphatic heterocycles. The summed E-state index contributed by atoms with van der Waals surface area (Å²) in [5.74, 6) is -1.29. The van der Waals surface area contributed by atoms with Gasteiger partial charge >= 0.3 is 11.8 Å². The minimum absolute atomic E-state index is 0.586. The van der Waals surface area contributed by atoms with Gasteiger partial charge in [-0.3, -0.25) is 9.59 Å². The van der Waals surface area contributed by atoms with Crippen LogP contribution in [0.15, 0.2) is 0 Å². The number of hydrogen-bond acceptors (Lipinski definition) is 2. The lowest BCUT2D eigenvalue weighted by Gasteiger charge is -2.05. The molecule has 0 aromatic rings. The van der Waals surface area contributed by atoms with E-state index in [2.05, 4.69) is 5.32 Å². The molecule has 0 rings (SSSR count). The highest BCUT2D eigenvalue weighted by atomic mass is 16.2. The molecule has 0 aliphatic carbocycles. The Morgan fingerprint density at radius 1 is 1.33 bits per heavy atom. The van der Waals surface area contributed by atoms with Crippen LogP contribution in [0.2, 0.25) is 0 Å². The lowest BCUT2D eigenvalue weighted by molar-refractivity contribution is -0.144. The Morgan fingerprint density at radius 3 is 1.89 bits per heavy atom. The van der Waals surface area contributed by atoms with E-state index in [1.165, 1.54) is 26.0 Å². The van der Waals surface area contributed by atoms with Crippen LogP contribution in [-0.4, -0.2) is 37.9 Å². The summed E-state index contributed by atoms with van der Waals surface area (Å²) in [7, 11) is 4.31. The fraction of sp³-hybridized carbons (Fsp3) is 0.600. The molecule has 0 saturated carbocycles. The summed E-state index contributed by atoms with van der Waals surface area (Å²) < 4.78 is 0. The first kappa shape index (κ1) is 7.94. The Labute approximate surface area is 53.8 Å². The van der Waals surface area contributed by atoms with Gasteiger partial charge in [-0.15, -0.1) is 0 Å². The van der Waals surface area contributed by atoms with Crippen LogP contribution in [0.25, 0.3) is 0 Å². The van der Waals surface area contributed by atoms with E-state index in [1.807, 2.05) is 0 Å². The molecular weight excluding hydrogens is 120 g/mol. The first-order chi connectivity index (χ1) is 4.09. The molecule has 2 amide bonds. The zero-order valence-electron chi connectivity index (χ0n) is 5.71. The maximum absolute atomic E-state index is 10.6. The Balaban J connectivity index is 3.89. The van der Waals surface area contributed by atoms with E-state index in [9.17, 15) is 9.59 Å². The highest BCUT2D eigenvalue weighted by Gasteiger charge is 2.13. The van der Waals surface area contributed by atoms with E-state index in [-0.39, 0.29) is 0 Å². The van der Waals surface area contributed by atoms with Gasteiger partial charge in [0.2, 0.25) is 0 Å². The zero-order valence-corrected chi connectivity index (χ0v) is 5.71. The standard InChI is InChI=1S/C5H9N2O2/c1-6-4(8)5(9)7(2)3/h1-3H3. The Bertz CT molecular complexity index is 131. The van der Waals surface area contributed by atoms with Crippen molar-refractivity contribution in [2.45, 2.75) is 0 Å². The van der Waals surface area contributed by atoms with Crippen LogP contribution in [0.4, 0.5) is 0 Å². The molecule has 9 heavy (non-hydrogen) atoms. The van der Waals surface area contributed by atoms with Crippen molar-refractivity contribution in [1.29, 1.82) is 0 Å². The summed E-state index contributed by atoms with van der Waals surface area (Å²) in [6.07, 6.45) is 0. The second kappa shape index (κ2) is 3.06. The molecule has 1 radical (unpaired) electrons. The summed E-state index contributed by atoms with van der Waals surface area (Å²) in [5.41, 5.74) is 0. The molecule has 51 valence electrons. The molecule has 4 heteroatoms. The van der Waals surface area contributed by atoms with Gasteiger partial charge in [-0.1, -0.05) is 0 Å². The fourth-order valence-electron chi connectivity index (χ4n) is 0.287. The number of likely N-dealkylation sites (N-methyl/N-ethyl adjacent to an activating group) is 2. The predicted octanol–water partition coefficient (Wildman–Crippen LogP) is -1.16. The number of carbonyl (C=O) groups is 2. The van der Waals surface area contributed by atoms with Crippen molar-refractivity contribution in [2.24, 2.45) is 0 Å². The number of nitrogens with zero attached hydrogens (tertiary/aromatic N) is 2. The number of carbonyl (C=O) groups excluding carboxylic acids is 2. The highest BCUT2D eigenvalue weighted by molar-refractivity contribution is 6.34. The Kier molecular flexibility index (Phi) is 2.70. The first-order valence-corrected chi connectivity index (χ1v) is 2.45. The monoisotopic (exact) mass is 129 g/mol. The molecule has 0 unspecified atom stereocenters. The molecule has 0 saturated heterocycles. The number of rotatable bonds is 0. The van der Waals surface area contributed by atoms with E-state index in [1.54, 1.807) is 0 Å². The fourth-order valence-corrected chi connectivity index (χ4v) is 0.287. The molecule has 0 N–H and O–H groups in total. The van der Waals surface area contributed by atoms with Crippen molar-refractivity contribution in [1.82, 2.24) is 10.2 Å². The van der Waals surface area contributed by atoms with Crippen LogP contribution < -0.4 is 5.32 Å². The van der Waals surface area contributed by atoms with Crippen molar-refractivity contribution in [3.63, 3.8) is 0 Å². The van der Waals surface area contributed by atoms with Gasteiger partial charge in [0.1, 0.15) is 0 Å². The van der Waals surface area contributed by atoms with Gasteiger partial charge in [-0.2, -0.15) is 0 Å². The minimum atomic E-state index is -0.708. The Morgan fingerprint density at radius 2 is 1.78 bits per heavy atom. The van der Waals surface area contributed by atoms with Gasteiger partial charge in [-0.05, 0) is 0 Å². The molecule has 0 heterocycles. The highest BCUT2D eigenvalue weighted by Crippen LogP contribution is 1.76. The SMILES string of the molecule is C[N]C(=O)C(=O)N(C)C. The summed E-state index contributed by atoms with van der Waals surface area (Å²) in [6, 6.07) is 0. The van der Waals surface area contributed by atoms with E-state index >= 15 is 0 Å². The van der Waals surface area contributed by atoms with Gasteiger partial charge in [0.15, 0.2) is 0 Å². The van der Waals surface area contributed by atoms with Crippen molar-refractivity contribution < 1.29 is 9.59 Å². The van der Waals surface area contributed by atoms with Crippen molar-refractivity contribution in [3.8, 4) is 0 Å². The van der Waals surface area contributed by atoms with Gasteiger partial charge < -0.3 is 4.90 Å². The predicted molar refractivity (Wildman–Crippen MR) is 31.8 cm³/mol. The molecule has 0 aliphatic rings. The zero-order chi connectivity index (χ0) is 7.44. The second-order valence-electron chi connectivity index (χ2n) is 1.73. The third kappa shape index (κ3) is 2.12. The summed E-state index contributed by atoms with van der Waals surface area (Å²) in [4.78, 5) is 22.1. The molecule has 0 aromatic heterocycles. The Hall–Kier alpha value is -1.06. The van der Waals surface area contributed by atoms with E-state index in [4.69, 9.17) is 0 Å². The van der Waals surface area contributed by atoms with E-state index < -0.39 is 11.8 Å². The molecule has 0 aromatic carbocycles. The van der Waals surface area contributed by atoms with Crippen LogP contribution in [-0.2, 0) is 9.59 Å². The van der Waals surface area contributed by atoms with Gasteiger partial charge in [0, 0.05) is 21.1 Å².